The Bertz CT molecular complexity index is 255. The van der Waals surface area contributed by atoms with E-state index >= 15 is 0 Å². The van der Waals surface area contributed by atoms with Gasteiger partial charge in [0.25, 0.3) is 0 Å². The van der Waals surface area contributed by atoms with Crippen molar-refractivity contribution in [2.45, 2.75) is 52.5 Å². The molecule has 0 spiro atoms. The largest absolute Gasteiger partial charge is 1.00 e. The average molecular weight is 318 g/mol. The summed E-state index contributed by atoms with van der Waals surface area (Å²) < 4.78 is 2.46. The topological polar surface area (TPSA) is 3.24 Å². The van der Waals surface area contributed by atoms with Crippen LogP contribution < -0.4 is 12.4 Å². The summed E-state index contributed by atoms with van der Waals surface area (Å²) in [6, 6.07) is 0. The van der Waals surface area contributed by atoms with E-state index in [1.807, 2.05) is 0 Å². The maximum Gasteiger partial charge on any atom is 0.0803 e. The number of likely N-dealkylation sites (tertiary alicyclic amines) is 1. The summed E-state index contributed by atoms with van der Waals surface area (Å²) >= 11 is 11.7. The highest BCUT2D eigenvalue weighted by Gasteiger charge is 2.36. The molecule has 0 atom stereocenters. The van der Waals surface area contributed by atoms with E-state index in [0.29, 0.717) is 5.41 Å². The Labute approximate surface area is 129 Å². The molecule has 1 aliphatic heterocycles. The first-order chi connectivity index (χ1) is 7.56. The normalized spacial score (nSPS) is 22.7. The maximum absolute atomic E-state index is 5.87. The predicted octanol–water partition coefficient (Wildman–Crippen LogP) is 1.04. The monoisotopic (exact) mass is 316 g/mol. The van der Waals surface area contributed by atoms with Gasteiger partial charge in [-0.15, -0.1) is 3.94 Å². The number of nitrogens with zero attached hydrogens (tertiary/aromatic N) is 2. The summed E-state index contributed by atoms with van der Waals surface area (Å²) in [5.41, 5.74) is 0.385. The number of quaternary nitrogens is 1. The second-order valence-electron chi connectivity index (χ2n) is 7.25. The molecule has 0 unspecified atom stereocenters. The molecule has 1 aliphatic rings. The molecular weight excluding hydrogens is 291 g/mol. The van der Waals surface area contributed by atoms with Crippen molar-refractivity contribution >= 4 is 23.6 Å². The van der Waals surface area contributed by atoms with Crippen molar-refractivity contribution in [3.05, 3.63) is 0 Å². The van der Waals surface area contributed by atoms with Crippen molar-refractivity contribution in [3.63, 3.8) is 0 Å². The van der Waals surface area contributed by atoms with Crippen LogP contribution in [0.1, 0.15) is 47.0 Å². The second kappa shape index (κ2) is 6.49. The smallest absolute Gasteiger partial charge is 0.0803 e. The molecule has 0 radical (unpaired) electrons. The van der Waals surface area contributed by atoms with Gasteiger partial charge in [0.05, 0.1) is 32.2 Å². The molecule has 0 bridgehead atoms. The van der Waals surface area contributed by atoms with E-state index in [-0.39, 0.29) is 17.9 Å². The van der Waals surface area contributed by atoms with Gasteiger partial charge in [0.1, 0.15) is 0 Å². The van der Waals surface area contributed by atoms with Crippen LogP contribution in [-0.2, 0) is 0 Å². The highest BCUT2D eigenvalue weighted by atomic mass is 35.5. The zero-order valence-electron chi connectivity index (χ0n) is 12.3. The van der Waals surface area contributed by atoms with Gasteiger partial charge >= 0.3 is 0 Å². The molecule has 0 saturated carbocycles. The molecule has 2 nitrogen and oxygen atoms in total. The molecule has 0 amide bonds. The lowest BCUT2D eigenvalue weighted by molar-refractivity contribution is -0.917. The van der Waals surface area contributed by atoms with Gasteiger partial charge in [0.15, 0.2) is 0 Å². The summed E-state index contributed by atoms with van der Waals surface area (Å²) in [6.45, 7) is 12.6. The average Bonchev–Trinajstić information content (AvgIpc) is 2.21. The third-order valence-electron chi connectivity index (χ3n) is 4.38. The van der Waals surface area contributed by atoms with E-state index in [4.69, 9.17) is 23.6 Å². The molecular formula is C13H27Cl3N2. The van der Waals surface area contributed by atoms with Crippen LogP contribution in [0.15, 0.2) is 0 Å². The molecule has 5 heteroatoms. The summed E-state index contributed by atoms with van der Waals surface area (Å²) in [5.74, 6) is 0. The molecule has 0 aromatic carbocycles. The lowest BCUT2D eigenvalue weighted by Gasteiger charge is -2.45. The molecule has 110 valence electrons. The van der Waals surface area contributed by atoms with Crippen LogP contribution in [0.3, 0.4) is 0 Å². The van der Waals surface area contributed by atoms with E-state index < -0.39 is 0 Å². The number of hydrogen-bond acceptors (Lipinski definition) is 1. The van der Waals surface area contributed by atoms with Crippen molar-refractivity contribution in [1.82, 2.24) is 3.94 Å². The number of hydrogen-bond donors (Lipinski definition) is 0. The van der Waals surface area contributed by atoms with E-state index in [0.717, 1.165) is 17.4 Å². The van der Waals surface area contributed by atoms with Crippen LogP contribution in [0.25, 0.3) is 0 Å². The summed E-state index contributed by atoms with van der Waals surface area (Å²) in [5, 5.41) is 0. The Morgan fingerprint density at radius 1 is 1.17 bits per heavy atom. The molecule has 1 saturated heterocycles. The fourth-order valence-electron chi connectivity index (χ4n) is 2.23. The van der Waals surface area contributed by atoms with Crippen LogP contribution in [0, 0.1) is 5.41 Å². The third kappa shape index (κ3) is 5.42. The number of rotatable bonds is 4. The molecule has 1 heterocycles. The maximum atomic E-state index is 5.87. The van der Waals surface area contributed by atoms with Crippen LogP contribution in [0.2, 0.25) is 0 Å². The minimum atomic E-state index is -0.142. The van der Waals surface area contributed by atoms with Crippen LogP contribution in [0.5, 0.6) is 0 Å². The van der Waals surface area contributed by atoms with E-state index in [2.05, 4.69) is 34.7 Å². The van der Waals surface area contributed by atoms with E-state index in [9.17, 15) is 0 Å². The highest BCUT2D eigenvalue weighted by Crippen LogP contribution is 2.34. The van der Waals surface area contributed by atoms with Gasteiger partial charge in [-0.05, 0) is 42.8 Å². The fraction of sp³-hybridized carbons (Fsp3) is 1.00. The van der Waals surface area contributed by atoms with Crippen molar-refractivity contribution in [2.75, 3.05) is 26.7 Å². The Kier molecular flexibility index (Phi) is 6.78. The fourth-order valence-corrected chi connectivity index (χ4v) is 2.40. The SMILES string of the molecule is CC1(C)CC[N+](C)(CCC(C)(C)N(Cl)Cl)CC1.[Cl-]. The van der Waals surface area contributed by atoms with Gasteiger partial charge in [-0.3, -0.25) is 0 Å². The third-order valence-corrected chi connectivity index (χ3v) is 5.29. The first-order valence-electron chi connectivity index (χ1n) is 6.52. The van der Waals surface area contributed by atoms with Crippen LogP contribution in [-0.4, -0.2) is 40.6 Å². The molecule has 18 heavy (non-hydrogen) atoms. The number of halogens is 3. The van der Waals surface area contributed by atoms with E-state index in [1.165, 1.54) is 29.9 Å². The minimum absolute atomic E-state index is 0. The standard InChI is InChI=1S/C13H27Cl2N2.ClH/c1-12(2)6-9-17(5,10-7-12)11-8-13(3,4)16(14)15;/h6-11H2,1-5H3;1H/q+1;/p-1. The van der Waals surface area contributed by atoms with Crippen molar-refractivity contribution in [3.8, 4) is 0 Å². The summed E-state index contributed by atoms with van der Waals surface area (Å²) in [6.07, 6.45) is 3.65. The Morgan fingerprint density at radius 2 is 1.61 bits per heavy atom. The minimum Gasteiger partial charge on any atom is -1.00 e. The quantitative estimate of drug-likeness (QED) is 0.553. The lowest BCUT2D eigenvalue weighted by atomic mass is 9.81. The Morgan fingerprint density at radius 3 is 2.00 bits per heavy atom. The van der Waals surface area contributed by atoms with Gasteiger partial charge in [-0.1, -0.05) is 13.8 Å². The first kappa shape index (κ1) is 18.8. The number of piperidine rings is 1. The highest BCUT2D eigenvalue weighted by molar-refractivity contribution is 6.34. The Balaban J connectivity index is 0.00000289. The molecule has 0 aromatic rings. The van der Waals surface area contributed by atoms with Crippen molar-refractivity contribution in [2.24, 2.45) is 5.41 Å². The van der Waals surface area contributed by atoms with Gasteiger partial charge in [-0.2, -0.15) is 0 Å². The van der Waals surface area contributed by atoms with Crippen molar-refractivity contribution < 1.29 is 16.9 Å². The molecule has 1 rings (SSSR count). The van der Waals surface area contributed by atoms with Crippen LogP contribution in [0.4, 0.5) is 0 Å². The lowest BCUT2D eigenvalue weighted by Crippen LogP contribution is -3.00. The summed E-state index contributed by atoms with van der Waals surface area (Å²) in [4.78, 5) is 0. The van der Waals surface area contributed by atoms with Gasteiger partial charge in [0, 0.05) is 19.3 Å². The van der Waals surface area contributed by atoms with Gasteiger partial charge in [0.2, 0.25) is 0 Å². The van der Waals surface area contributed by atoms with E-state index in [1.54, 1.807) is 0 Å². The predicted molar refractivity (Wildman–Crippen MR) is 76.0 cm³/mol. The first-order valence-corrected chi connectivity index (χ1v) is 7.19. The van der Waals surface area contributed by atoms with Gasteiger partial charge in [-0.25, -0.2) is 0 Å². The Hall–Kier alpha value is 0.790. The second-order valence-corrected chi connectivity index (χ2v) is 8.10. The zero-order valence-corrected chi connectivity index (χ0v) is 14.5. The van der Waals surface area contributed by atoms with Gasteiger partial charge < -0.3 is 16.9 Å². The zero-order chi connectivity index (χ0) is 13.3. The molecule has 0 aliphatic carbocycles. The summed E-state index contributed by atoms with van der Waals surface area (Å²) in [7, 11) is 2.36. The van der Waals surface area contributed by atoms with Crippen molar-refractivity contribution in [1.29, 1.82) is 0 Å². The molecule has 0 N–H and O–H groups in total. The molecule has 0 aromatic heterocycles. The van der Waals surface area contributed by atoms with Crippen LogP contribution >= 0.6 is 23.6 Å². The molecule has 1 fully saturated rings.